The molecule has 0 atom stereocenters. The lowest BCUT2D eigenvalue weighted by Crippen LogP contribution is -2.12. The van der Waals surface area contributed by atoms with Crippen LogP contribution in [0.25, 0.3) is 0 Å². The third-order valence-corrected chi connectivity index (χ3v) is 3.25. The standard InChI is InChI=1S/C13H9BrN2O4/c14-10-4-2-1-3-9(10)13(18)15-11-7-8(16(19)20)5-6-12(11)17/h1-7,17H,(H,15,18). The molecule has 0 aliphatic carbocycles. The van der Waals surface area contributed by atoms with E-state index in [1.165, 1.54) is 0 Å². The molecule has 0 fully saturated rings. The second kappa shape index (κ2) is 5.70. The number of anilines is 1. The third kappa shape index (κ3) is 2.94. The van der Waals surface area contributed by atoms with E-state index >= 15 is 0 Å². The van der Waals surface area contributed by atoms with Crippen molar-refractivity contribution in [1.29, 1.82) is 0 Å². The molecule has 20 heavy (non-hydrogen) atoms. The first kappa shape index (κ1) is 14.0. The van der Waals surface area contributed by atoms with E-state index in [0.717, 1.165) is 18.2 Å². The molecule has 0 radical (unpaired) electrons. The summed E-state index contributed by atoms with van der Waals surface area (Å²) in [6.07, 6.45) is 0. The number of nitro benzene ring substituents is 1. The number of amides is 1. The summed E-state index contributed by atoms with van der Waals surface area (Å²) < 4.78 is 0.586. The van der Waals surface area contributed by atoms with Crippen LogP contribution >= 0.6 is 15.9 Å². The Morgan fingerprint density at radius 1 is 1.25 bits per heavy atom. The van der Waals surface area contributed by atoms with Gasteiger partial charge in [-0.3, -0.25) is 14.9 Å². The summed E-state index contributed by atoms with van der Waals surface area (Å²) in [4.78, 5) is 22.1. The molecule has 2 aromatic carbocycles. The second-order valence-corrected chi connectivity index (χ2v) is 4.75. The molecular weight excluding hydrogens is 328 g/mol. The van der Waals surface area contributed by atoms with Crippen LogP contribution < -0.4 is 5.32 Å². The van der Waals surface area contributed by atoms with Crippen LogP contribution in [0.5, 0.6) is 5.75 Å². The fourth-order valence-corrected chi connectivity index (χ4v) is 2.04. The maximum Gasteiger partial charge on any atom is 0.271 e. The van der Waals surface area contributed by atoms with E-state index in [1.807, 2.05) is 0 Å². The van der Waals surface area contributed by atoms with Gasteiger partial charge in [0, 0.05) is 16.6 Å². The van der Waals surface area contributed by atoms with Gasteiger partial charge in [0.15, 0.2) is 0 Å². The summed E-state index contributed by atoms with van der Waals surface area (Å²) in [5.74, 6) is -0.718. The van der Waals surface area contributed by atoms with Gasteiger partial charge in [0.1, 0.15) is 5.75 Å². The zero-order valence-corrected chi connectivity index (χ0v) is 11.6. The SMILES string of the molecule is O=C(Nc1cc([N+](=O)[O-])ccc1O)c1ccccc1Br. The summed E-state index contributed by atoms with van der Waals surface area (Å²) in [6, 6.07) is 10.1. The molecule has 0 unspecified atom stereocenters. The fourth-order valence-electron chi connectivity index (χ4n) is 1.57. The Balaban J connectivity index is 2.30. The molecule has 102 valence electrons. The number of halogens is 1. The monoisotopic (exact) mass is 336 g/mol. The number of nitro groups is 1. The quantitative estimate of drug-likeness (QED) is 0.510. The normalized spacial score (nSPS) is 10.1. The highest BCUT2D eigenvalue weighted by molar-refractivity contribution is 9.10. The van der Waals surface area contributed by atoms with Crippen LogP contribution in [0.2, 0.25) is 0 Å². The largest absolute Gasteiger partial charge is 0.506 e. The van der Waals surface area contributed by atoms with Crippen LogP contribution in [0, 0.1) is 10.1 Å². The van der Waals surface area contributed by atoms with Crippen LogP contribution in [0.4, 0.5) is 11.4 Å². The number of non-ortho nitro benzene ring substituents is 1. The summed E-state index contributed by atoms with van der Waals surface area (Å²) in [6.45, 7) is 0. The fraction of sp³-hybridized carbons (Fsp3) is 0. The van der Waals surface area contributed by atoms with Gasteiger partial charge in [-0.1, -0.05) is 12.1 Å². The number of carbonyl (C=O) groups excluding carboxylic acids is 1. The molecule has 0 saturated heterocycles. The van der Waals surface area contributed by atoms with E-state index in [0.29, 0.717) is 10.0 Å². The van der Waals surface area contributed by atoms with Crippen LogP contribution in [0.1, 0.15) is 10.4 Å². The maximum atomic E-state index is 12.0. The molecule has 6 nitrogen and oxygen atoms in total. The first-order valence-corrected chi connectivity index (χ1v) is 6.31. The first-order chi connectivity index (χ1) is 9.49. The predicted octanol–water partition coefficient (Wildman–Crippen LogP) is 3.32. The molecule has 0 aromatic heterocycles. The van der Waals surface area contributed by atoms with Gasteiger partial charge in [0.05, 0.1) is 16.2 Å². The van der Waals surface area contributed by atoms with Gasteiger partial charge in [-0.15, -0.1) is 0 Å². The number of hydrogen-bond donors (Lipinski definition) is 2. The van der Waals surface area contributed by atoms with Crippen molar-refractivity contribution in [2.45, 2.75) is 0 Å². The van der Waals surface area contributed by atoms with Crippen molar-refractivity contribution in [3.8, 4) is 5.75 Å². The topological polar surface area (TPSA) is 92.5 Å². The molecule has 7 heteroatoms. The van der Waals surface area contributed by atoms with Crippen molar-refractivity contribution < 1.29 is 14.8 Å². The molecule has 2 aromatic rings. The Hall–Kier alpha value is -2.41. The number of hydrogen-bond acceptors (Lipinski definition) is 4. The first-order valence-electron chi connectivity index (χ1n) is 5.52. The van der Waals surface area contributed by atoms with Crippen LogP contribution in [-0.2, 0) is 0 Å². The van der Waals surface area contributed by atoms with Gasteiger partial charge >= 0.3 is 0 Å². The number of nitrogens with one attached hydrogen (secondary N) is 1. The minimum absolute atomic E-state index is 0.0139. The lowest BCUT2D eigenvalue weighted by atomic mass is 10.2. The van der Waals surface area contributed by atoms with Crippen molar-refractivity contribution in [3.63, 3.8) is 0 Å². The zero-order chi connectivity index (χ0) is 14.7. The minimum Gasteiger partial charge on any atom is -0.506 e. The van der Waals surface area contributed by atoms with Gasteiger partial charge in [0.25, 0.3) is 11.6 Å². The van der Waals surface area contributed by atoms with Crippen LogP contribution in [-0.4, -0.2) is 15.9 Å². The van der Waals surface area contributed by atoms with Crippen LogP contribution in [0.15, 0.2) is 46.9 Å². The molecule has 0 aliphatic rings. The van der Waals surface area contributed by atoms with Crippen molar-refractivity contribution in [2.24, 2.45) is 0 Å². The van der Waals surface area contributed by atoms with Crippen molar-refractivity contribution in [2.75, 3.05) is 5.32 Å². The number of phenols is 1. The predicted molar refractivity (Wildman–Crippen MR) is 76.9 cm³/mol. The minimum atomic E-state index is -0.604. The average molecular weight is 337 g/mol. The van der Waals surface area contributed by atoms with Gasteiger partial charge in [-0.05, 0) is 34.1 Å². The summed E-state index contributed by atoms with van der Waals surface area (Å²) in [5.41, 5.74) is 0.128. The number of phenolic OH excluding ortho intramolecular Hbond substituents is 1. The van der Waals surface area contributed by atoms with E-state index in [9.17, 15) is 20.0 Å². The Kier molecular flexibility index (Phi) is 3.99. The number of rotatable bonds is 3. The lowest BCUT2D eigenvalue weighted by molar-refractivity contribution is -0.384. The average Bonchev–Trinajstić information content (AvgIpc) is 2.41. The summed E-state index contributed by atoms with van der Waals surface area (Å²) in [5, 5.41) is 22.8. The van der Waals surface area contributed by atoms with Gasteiger partial charge in [-0.2, -0.15) is 0 Å². The van der Waals surface area contributed by atoms with Crippen molar-refractivity contribution in [1.82, 2.24) is 0 Å². The van der Waals surface area contributed by atoms with Gasteiger partial charge < -0.3 is 10.4 Å². The summed E-state index contributed by atoms with van der Waals surface area (Å²) in [7, 11) is 0. The molecule has 0 heterocycles. The molecular formula is C13H9BrN2O4. The number of benzene rings is 2. The van der Waals surface area contributed by atoms with E-state index in [4.69, 9.17) is 0 Å². The molecule has 0 aliphatic heterocycles. The zero-order valence-electron chi connectivity index (χ0n) is 10.0. The smallest absolute Gasteiger partial charge is 0.271 e. The lowest BCUT2D eigenvalue weighted by Gasteiger charge is -2.08. The number of nitrogens with zero attached hydrogens (tertiary/aromatic N) is 1. The number of carbonyl (C=O) groups is 1. The third-order valence-electron chi connectivity index (χ3n) is 2.56. The summed E-state index contributed by atoms with van der Waals surface area (Å²) >= 11 is 3.23. The van der Waals surface area contributed by atoms with E-state index in [-0.39, 0.29) is 17.1 Å². The highest BCUT2D eigenvalue weighted by Gasteiger charge is 2.15. The Morgan fingerprint density at radius 2 is 1.95 bits per heavy atom. The molecule has 2 rings (SSSR count). The highest BCUT2D eigenvalue weighted by atomic mass is 79.9. The van der Waals surface area contributed by atoms with Crippen LogP contribution in [0.3, 0.4) is 0 Å². The molecule has 2 N–H and O–H groups in total. The molecule has 0 bridgehead atoms. The van der Waals surface area contributed by atoms with Gasteiger partial charge in [0.2, 0.25) is 0 Å². The van der Waals surface area contributed by atoms with E-state index < -0.39 is 10.8 Å². The number of aromatic hydroxyl groups is 1. The molecule has 1 amide bonds. The van der Waals surface area contributed by atoms with Gasteiger partial charge in [-0.25, -0.2) is 0 Å². The van der Waals surface area contributed by atoms with E-state index in [1.54, 1.807) is 24.3 Å². The highest BCUT2D eigenvalue weighted by Crippen LogP contribution is 2.28. The Bertz CT molecular complexity index is 688. The van der Waals surface area contributed by atoms with Crippen molar-refractivity contribution in [3.05, 3.63) is 62.6 Å². The Morgan fingerprint density at radius 3 is 2.60 bits per heavy atom. The second-order valence-electron chi connectivity index (χ2n) is 3.89. The molecule has 0 saturated carbocycles. The van der Waals surface area contributed by atoms with Crippen molar-refractivity contribution >= 4 is 33.2 Å². The van der Waals surface area contributed by atoms with E-state index in [2.05, 4.69) is 21.2 Å². The molecule has 0 spiro atoms. The maximum absolute atomic E-state index is 12.0. The Labute approximate surface area is 122 Å².